The molecule has 7 heteroatoms. The summed E-state index contributed by atoms with van der Waals surface area (Å²) in [6, 6.07) is 7.04. The fourth-order valence-electron chi connectivity index (χ4n) is 3.06. The van der Waals surface area contributed by atoms with E-state index in [4.69, 9.17) is 4.74 Å². The number of hydrogen-bond donors (Lipinski definition) is 1. The van der Waals surface area contributed by atoms with Gasteiger partial charge in [0.25, 0.3) is 5.91 Å². The molecule has 0 bridgehead atoms. The van der Waals surface area contributed by atoms with Crippen LogP contribution >= 0.6 is 0 Å². The predicted molar refractivity (Wildman–Crippen MR) is 102 cm³/mol. The number of para-hydroxylation sites is 1. The van der Waals surface area contributed by atoms with Gasteiger partial charge in [0.1, 0.15) is 11.5 Å². The van der Waals surface area contributed by atoms with Crippen molar-refractivity contribution in [1.29, 1.82) is 0 Å². The lowest BCUT2D eigenvalue weighted by Gasteiger charge is -2.19. The lowest BCUT2D eigenvalue weighted by atomic mass is 10.2. The molecule has 142 valence electrons. The van der Waals surface area contributed by atoms with Crippen molar-refractivity contribution >= 4 is 23.4 Å². The zero-order chi connectivity index (χ0) is 19.1. The third-order valence-electron chi connectivity index (χ3n) is 4.45. The number of nitrogens with one attached hydrogen (secondary N) is 1. The van der Waals surface area contributed by atoms with E-state index in [0.29, 0.717) is 29.4 Å². The highest BCUT2D eigenvalue weighted by molar-refractivity contribution is 5.96. The number of carbonyl (C=O) groups excluding carboxylic acids is 2. The van der Waals surface area contributed by atoms with Gasteiger partial charge in [0.2, 0.25) is 0 Å². The minimum absolute atomic E-state index is 0.0807. The van der Waals surface area contributed by atoms with Crippen LogP contribution in [0, 0.1) is 0 Å². The molecule has 0 unspecified atom stereocenters. The molecule has 0 aliphatic carbocycles. The molecule has 2 aromatic rings. The van der Waals surface area contributed by atoms with E-state index in [1.54, 1.807) is 25.1 Å². The first-order chi connectivity index (χ1) is 13.2. The van der Waals surface area contributed by atoms with Gasteiger partial charge in [0, 0.05) is 13.1 Å². The van der Waals surface area contributed by atoms with Gasteiger partial charge in [0.05, 0.1) is 30.3 Å². The van der Waals surface area contributed by atoms with Crippen molar-refractivity contribution in [2.24, 2.45) is 0 Å². The maximum absolute atomic E-state index is 12.6. The maximum atomic E-state index is 12.6. The minimum Gasteiger partial charge on any atom is -0.462 e. The van der Waals surface area contributed by atoms with Gasteiger partial charge in [-0.3, -0.25) is 4.79 Å². The zero-order valence-corrected chi connectivity index (χ0v) is 15.5. The van der Waals surface area contributed by atoms with Crippen LogP contribution in [0.4, 0.5) is 11.5 Å². The van der Waals surface area contributed by atoms with Crippen LogP contribution in [-0.4, -0.2) is 46.4 Å². The summed E-state index contributed by atoms with van der Waals surface area (Å²) < 4.78 is 5.07. The summed E-state index contributed by atoms with van der Waals surface area (Å²) in [5.74, 6) is -0.0245. The molecule has 0 spiro atoms. The van der Waals surface area contributed by atoms with Crippen LogP contribution in [0.1, 0.15) is 53.5 Å². The summed E-state index contributed by atoms with van der Waals surface area (Å²) >= 11 is 0. The highest BCUT2D eigenvalue weighted by Gasteiger charge is 2.19. The molecule has 7 nitrogen and oxygen atoms in total. The van der Waals surface area contributed by atoms with Crippen molar-refractivity contribution in [1.82, 2.24) is 14.9 Å². The quantitative estimate of drug-likeness (QED) is 0.814. The van der Waals surface area contributed by atoms with Gasteiger partial charge in [-0.2, -0.15) is 0 Å². The summed E-state index contributed by atoms with van der Waals surface area (Å²) in [6.45, 7) is 3.61. The first-order valence-electron chi connectivity index (χ1n) is 9.33. The van der Waals surface area contributed by atoms with Gasteiger partial charge in [-0.25, -0.2) is 14.8 Å². The van der Waals surface area contributed by atoms with Crippen LogP contribution < -0.4 is 5.32 Å². The third kappa shape index (κ3) is 4.81. The molecule has 1 amide bonds. The van der Waals surface area contributed by atoms with Crippen molar-refractivity contribution < 1.29 is 14.3 Å². The van der Waals surface area contributed by atoms with Crippen LogP contribution in [0.3, 0.4) is 0 Å². The fourth-order valence-corrected chi connectivity index (χ4v) is 3.06. The highest BCUT2D eigenvalue weighted by atomic mass is 16.5. The van der Waals surface area contributed by atoms with Crippen LogP contribution in [0.5, 0.6) is 0 Å². The molecule has 3 rings (SSSR count). The minimum atomic E-state index is -0.401. The SMILES string of the molecule is CCOC(=O)c1ccccc1Nc1cnc(C(=O)N2CCCCCC2)cn1. The second kappa shape index (κ2) is 9.12. The van der Waals surface area contributed by atoms with Gasteiger partial charge >= 0.3 is 5.97 Å². The molecule has 1 aromatic heterocycles. The third-order valence-corrected chi connectivity index (χ3v) is 4.45. The number of esters is 1. The molecule has 27 heavy (non-hydrogen) atoms. The lowest BCUT2D eigenvalue weighted by molar-refractivity contribution is 0.0527. The smallest absolute Gasteiger partial charge is 0.340 e. The molecule has 1 aliphatic heterocycles. The Morgan fingerprint density at radius 2 is 1.81 bits per heavy atom. The number of carbonyl (C=O) groups is 2. The number of nitrogens with zero attached hydrogens (tertiary/aromatic N) is 3. The molecule has 1 aliphatic rings. The van der Waals surface area contributed by atoms with Gasteiger partial charge in [-0.1, -0.05) is 25.0 Å². The zero-order valence-electron chi connectivity index (χ0n) is 15.5. The number of benzene rings is 1. The van der Waals surface area contributed by atoms with Crippen LogP contribution in [0.15, 0.2) is 36.7 Å². The Morgan fingerprint density at radius 3 is 2.48 bits per heavy atom. The number of ether oxygens (including phenoxy) is 1. The molecule has 1 saturated heterocycles. The standard InChI is InChI=1S/C20H24N4O3/c1-2-27-20(26)15-9-5-6-10-16(15)23-18-14-21-17(13-22-18)19(25)24-11-7-3-4-8-12-24/h5-6,9-10,13-14H,2-4,7-8,11-12H2,1H3,(H,22,23). The summed E-state index contributed by atoms with van der Waals surface area (Å²) in [5.41, 5.74) is 1.34. The van der Waals surface area contributed by atoms with E-state index in [1.165, 1.54) is 12.4 Å². The molecule has 0 atom stereocenters. The Balaban J connectivity index is 1.71. The van der Waals surface area contributed by atoms with E-state index in [1.807, 2.05) is 11.0 Å². The molecule has 0 radical (unpaired) electrons. The van der Waals surface area contributed by atoms with Crippen LogP contribution in [0.2, 0.25) is 0 Å². The Labute approximate surface area is 158 Å². The van der Waals surface area contributed by atoms with Gasteiger partial charge < -0.3 is 15.0 Å². The number of amides is 1. The van der Waals surface area contributed by atoms with E-state index in [0.717, 1.165) is 38.8 Å². The summed E-state index contributed by atoms with van der Waals surface area (Å²) in [4.78, 5) is 35.0. The number of hydrogen-bond acceptors (Lipinski definition) is 6. The Morgan fingerprint density at radius 1 is 1.07 bits per heavy atom. The normalized spacial score (nSPS) is 14.3. The lowest BCUT2D eigenvalue weighted by Crippen LogP contribution is -2.32. The Kier molecular flexibility index (Phi) is 6.35. The second-order valence-corrected chi connectivity index (χ2v) is 6.38. The van der Waals surface area contributed by atoms with Gasteiger partial charge in [0.15, 0.2) is 0 Å². The molecule has 1 aromatic carbocycles. The van der Waals surface area contributed by atoms with E-state index in [-0.39, 0.29) is 5.91 Å². The number of likely N-dealkylation sites (tertiary alicyclic amines) is 1. The van der Waals surface area contributed by atoms with Crippen molar-refractivity contribution in [3.8, 4) is 0 Å². The summed E-state index contributed by atoms with van der Waals surface area (Å²) in [6.07, 6.45) is 7.37. The van der Waals surface area contributed by atoms with Crippen molar-refractivity contribution in [2.75, 3.05) is 25.0 Å². The first kappa shape index (κ1) is 18.8. The largest absolute Gasteiger partial charge is 0.462 e. The second-order valence-electron chi connectivity index (χ2n) is 6.38. The van der Waals surface area contributed by atoms with Gasteiger partial charge in [-0.15, -0.1) is 0 Å². The van der Waals surface area contributed by atoms with Crippen LogP contribution in [0.25, 0.3) is 0 Å². The predicted octanol–water partition coefficient (Wildman–Crippen LogP) is 3.41. The van der Waals surface area contributed by atoms with E-state index < -0.39 is 5.97 Å². The highest BCUT2D eigenvalue weighted by Crippen LogP contribution is 2.20. The fraction of sp³-hybridized carbons (Fsp3) is 0.400. The summed E-state index contributed by atoms with van der Waals surface area (Å²) in [5, 5.41) is 3.07. The Hall–Kier alpha value is -2.96. The molecular weight excluding hydrogens is 344 g/mol. The number of rotatable bonds is 5. The molecule has 1 N–H and O–H groups in total. The van der Waals surface area contributed by atoms with Crippen molar-refractivity contribution in [2.45, 2.75) is 32.6 Å². The summed E-state index contributed by atoms with van der Waals surface area (Å²) in [7, 11) is 0. The van der Waals surface area contributed by atoms with Crippen molar-refractivity contribution in [3.63, 3.8) is 0 Å². The van der Waals surface area contributed by atoms with Gasteiger partial charge in [-0.05, 0) is 31.9 Å². The average Bonchev–Trinajstić information content (AvgIpc) is 2.98. The molecule has 0 saturated carbocycles. The molecular formula is C20H24N4O3. The monoisotopic (exact) mass is 368 g/mol. The van der Waals surface area contributed by atoms with E-state index >= 15 is 0 Å². The topological polar surface area (TPSA) is 84.4 Å². The first-order valence-corrected chi connectivity index (χ1v) is 9.33. The molecule has 2 heterocycles. The average molecular weight is 368 g/mol. The number of aromatic nitrogens is 2. The Bertz CT molecular complexity index is 784. The van der Waals surface area contributed by atoms with E-state index in [2.05, 4.69) is 15.3 Å². The van der Waals surface area contributed by atoms with Crippen molar-refractivity contribution in [3.05, 3.63) is 47.9 Å². The number of anilines is 2. The van der Waals surface area contributed by atoms with Crippen LogP contribution in [-0.2, 0) is 4.74 Å². The maximum Gasteiger partial charge on any atom is 0.340 e. The molecule has 1 fully saturated rings. The van der Waals surface area contributed by atoms with E-state index in [9.17, 15) is 9.59 Å².